The van der Waals surface area contributed by atoms with Crippen LogP contribution in [-0.4, -0.2) is 57.3 Å². The van der Waals surface area contributed by atoms with Gasteiger partial charge in [-0.25, -0.2) is 0 Å². The molecule has 4 heterocycles. The highest BCUT2D eigenvalue weighted by atomic mass is 16.5. The number of carbonyl (C=O) groups excluding carboxylic acids is 2. The quantitative estimate of drug-likeness (QED) is 0.723. The molecule has 0 bridgehead atoms. The topological polar surface area (TPSA) is 95.1 Å². The lowest BCUT2D eigenvalue weighted by atomic mass is 10.1. The van der Waals surface area contributed by atoms with Crippen molar-refractivity contribution >= 4 is 23.1 Å². The summed E-state index contributed by atoms with van der Waals surface area (Å²) in [6.45, 7) is 4.89. The maximum absolute atomic E-state index is 13.1. The van der Waals surface area contributed by atoms with Gasteiger partial charge >= 0.3 is 5.97 Å². The summed E-state index contributed by atoms with van der Waals surface area (Å²) in [5, 5.41) is 4.48. The molecule has 0 saturated heterocycles. The molecular weight excluding hydrogens is 364 g/mol. The fourth-order valence-corrected chi connectivity index (χ4v) is 3.67. The first kappa shape index (κ1) is 18.4. The van der Waals surface area contributed by atoms with E-state index in [9.17, 15) is 14.4 Å². The van der Waals surface area contributed by atoms with Gasteiger partial charge in [0.2, 0.25) is 0 Å². The van der Waals surface area contributed by atoms with Crippen molar-refractivity contribution in [2.75, 3.05) is 20.3 Å². The zero-order valence-corrected chi connectivity index (χ0v) is 16.1. The van der Waals surface area contributed by atoms with Gasteiger partial charge < -0.3 is 18.9 Å². The van der Waals surface area contributed by atoms with Crippen molar-refractivity contribution in [2.45, 2.75) is 39.4 Å². The Labute approximate surface area is 161 Å². The second-order valence-electron chi connectivity index (χ2n) is 7.18. The van der Waals surface area contributed by atoms with Crippen LogP contribution in [0.25, 0.3) is 11.2 Å². The Morgan fingerprint density at radius 2 is 2.14 bits per heavy atom. The number of methoxy groups -OCH3 is 1. The van der Waals surface area contributed by atoms with Gasteiger partial charge in [-0.2, -0.15) is 9.61 Å². The van der Waals surface area contributed by atoms with Crippen LogP contribution >= 0.6 is 0 Å². The van der Waals surface area contributed by atoms with Crippen molar-refractivity contribution in [3.05, 3.63) is 39.4 Å². The number of rotatable bonds is 4. The molecule has 28 heavy (non-hydrogen) atoms. The van der Waals surface area contributed by atoms with Gasteiger partial charge in [0.25, 0.3) is 11.5 Å². The van der Waals surface area contributed by atoms with E-state index in [2.05, 4.69) is 5.10 Å². The van der Waals surface area contributed by atoms with Crippen LogP contribution in [0.3, 0.4) is 0 Å². The summed E-state index contributed by atoms with van der Waals surface area (Å²) in [5.41, 5.74) is 2.29. The molecule has 0 unspecified atom stereocenters. The lowest BCUT2D eigenvalue weighted by Crippen LogP contribution is -2.32. The number of nitrogens with zero attached hydrogens (tertiary/aromatic N) is 4. The molecule has 0 atom stereocenters. The lowest BCUT2D eigenvalue weighted by Gasteiger charge is -2.20. The predicted molar refractivity (Wildman–Crippen MR) is 99.9 cm³/mol. The molecule has 0 aliphatic carbocycles. The number of amides is 1. The van der Waals surface area contributed by atoms with Crippen LogP contribution in [0.1, 0.15) is 42.0 Å². The third-order valence-corrected chi connectivity index (χ3v) is 5.20. The molecule has 9 heteroatoms. The summed E-state index contributed by atoms with van der Waals surface area (Å²) >= 11 is 0. The maximum atomic E-state index is 13.1. The molecule has 0 fully saturated rings. The summed E-state index contributed by atoms with van der Waals surface area (Å²) in [4.78, 5) is 39.7. The van der Waals surface area contributed by atoms with E-state index in [-0.39, 0.29) is 36.3 Å². The Bertz CT molecular complexity index is 1060. The van der Waals surface area contributed by atoms with Gasteiger partial charge in [0.15, 0.2) is 0 Å². The molecule has 2 aromatic heterocycles. The molecule has 148 valence electrons. The minimum absolute atomic E-state index is 0.0684. The molecule has 0 N–H and O–H groups in total. The first-order valence-electron chi connectivity index (χ1n) is 9.22. The number of fused-ring (bicyclic) bond motifs is 2. The molecule has 0 spiro atoms. The summed E-state index contributed by atoms with van der Waals surface area (Å²) in [7, 11) is 1.29. The Morgan fingerprint density at radius 3 is 2.79 bits per heavy atom. The summed E-state index contributed by atoms with van der Waals surface area (Å²) in [6, 6.07) is 1.67. The number of hydrogen-bond acceptors (Lipinski definition) is 6. The molecule has 2 aliphatic heterocycles. The number of carbonyl (C=O) groups is 2. The molecule has 9 nitrogen and oxygen atoms in total. The monoisotopic (exact) mass is 386 g/mol. The molecule has 0 saturated carbocycles. The zero-order chi connectivity index (χ0) is 20.0. The highest BCUT2D eigenvalue weighted by Gasteiger charge is 2.36. The summed E-state index contributed by atoms with van der Waals surface area (Å²) < 4.78 is 13.0. The lowest BCUT2D eigenvalue weighted by molar-refractivity contribution is -0.141. The van der Waals surface area contributed by atoms with Crippen LogP contribution in [0.2, 0.25) is 0 Å². The average molecular weight is 386 g/mol. The molecule has 2 aliphatic rings. The van der Waals surface area contributed by atoms with Gasteiger partial charge in [0.1, 0.15) is 17.9 Å². The van der Waals surface area contributed by atoms with E-state index in [1.165, 1.54) is 11.6 Å². The van der Waals surface area contributed by atoms with Crippen molar-refractivity contribution in [1.29, 1.82) is 0 Å². The third-order valence-electron chi connectivity index (χ3n) is 5.20. The first-order valence-corrected chi connectivity index (χ1v) is 9.22. The fraction of sp³-hybridized carbons (Fsp3) is 0.474. The van der Waals surface area contributed by atoms with Crippen molar-refractivity contribution in [2.24, 2.45) is 0 Å². The summed E-state index contributed by atoms with van der Waals surface area (Å²) in [5.74, 6) is -0.766. The van der Waals surface area contributed by atoms with Gasteiger partial charge in [0.05, 0.1) is 38.1 Å². The van der Waals surface area contributed by atoms with Gasteiger partial charge in [-0.1, -0.05) is 6.08 Å². The zero-order valence-electron chi connectivity index (χ0n) is 16.1. The van der Waals surface area contributed by atoms with Crippen LogP contribution < -0.4 is 5.56 Å². The number of aromatic nitrogens is 3. The number of hydrogen-bond donors (Lipinski definition) is 0. The molecule has 2 aromatic rings. The van der Waals surface area contributed by atoms with Crippen LogP contribution in [-0.2, 0) is 27.4 Å². The van der Waals surface area contributed by atoms with Crippen LogP contribution in [0.5, 0.6) is 0 Å². The number of esters is 1. The van der Waals surface area contributed by atoms with E-state index >= 15 is 0 Å². The Morgan fingerprint density at radius 1 is 1.36 bits per heavy atom. The maximum Gasteiger partial charge on any atom is 0.325 e. The smallest absolute Gasteiger partial charge is 0.325 e. The molecule has 0 aromatic carbocycles. The van der Waals surface area contributed by atoms with Gasteiger partial charge in [-0.3, -0.25) is 14.4 Å². The molecule has 0 radical (unpaired) electrons. The summed E-state index contributed by atoms with van der Waals surface area (Å²) in [6.07, 6.45) is 2.62. The van der Waals surface area contributed by atoms with Crippen molar-refractivity contribution in [3.63, 3.8) is 0 Å². The van der Waals surface area contributed by atoms with E-state index in [0.717, 1.165) is 5.57 Å². The van der Waals surface area contributed by atoms with Crippen LogP contribution in [0, 0.1) is 0 Å². The van der Waals surface area contributed by atoms with Crippen molar-refractivity contribution in [1.82, 2.24) is 19.1 Å². The normalized spacial score (nSPS) is 16.6. The van der Waals surface area contributed by atoms with E-state index in [1.807, 2.05) is 19.9 Å². The largest absolute Gasteiger partial charge is 0.468 e. The predicted octanol–water partition coefficient (Wildman–Crippen LogP) is 0.837. The minimum atomic E-state index is -0.503. The standard InChI is InChI=1S/C19H22N4O5/c1-11(2)21-9-13-17(19(21)26)22(10-16(24)27-3)15-8-14(20-23(15)18(13)25)12-4-6-28-7-5-12/h4,8,11H,5-7,9-10H2,1-3H3. The Hall–Kier alpha value is -2.94. The van der Waals surface area contributed by atoms with E-state index in [0.29, 0.717) is 36.5 Å². The van der Waals surface area contributed by atoms with Crippen molar-refractivity contribution in [3.8, 4) is 0 Å². The van der Waals surface area contributed by atoms with Crippen molar-refractivity contribution < 1.29 is 19.1 Å². The van der Waals surface area contributed by atoms with Gasteiger partial charge in [0, 0.05) is 12.1 Å². The second-order valence-corrected chi connectivity index (χ2v) is 7.18. The van der Waals surface area contributed by atoms with E-state index < -0.39 is 5.97 Å². The van der Waals surface area contributed by atoms with Gasteiger partial charge in [-0.15, -0.1) is 0 Å². The highest BCUT2D eigenvalue weighted by Crippen LogP contribution is 2.26. The molecule has 4 rings (SSSR count). The SMILES string of the molecule is COC(=O)Cn1c2c(c(=O)n3nc(C4=CCOCC4)cc13)CN(C(C)C)C2=O. The Kier molecular flexibility index (Phi) is 4.54. The molecule has 1 amide bonds. The van der Waals surface area contributed by atoms with Gasteiger partial charge in [-0.05, 0) is 25.8 Å². The second kappa shape index (κ2) is 6.90. The third kappa shape index (κ3) is 2.82. The first-order chi connectivity index (χ1) is 13.4. The fourth-order valence-electron chi connectivity index (χ4n) is 3.67. The van der Waals surface area contributed by atoms with E-state index in [1.54, 1.807) is 15.5 Å². The van der Waals surface area contributed by atoms with Crippen LogP contribution in [0.15, 0.2) is 16.9 Å². The number of ether oxygens (including phenoxy) is 2. The molecular formula is C19H22N4O5. The van der Waals surface area contributed by atoms with E-state index in [4.69, 9.17) is 9.47 Å². The average Bonchev–Trinajstić information content (AvgIpc) is 3.28. The Balaban J connectivity index is 1.95. The minimum Gasteiger partial charge on any atom is -0.468 e. The highest BCUT2D eigenvalue weighted by molar-refractivity contribution is 5.98. The van der Waals surface area contributed by atoms with Crippen LogP contribution in [0.4, 0.5) is 0 Å².